The fraction of sp³-hybridized carbons (Fsp3) is 0.857. The highest BCUT2D eigenvalue weighted by Gasteiger charge is 2.21. The third kappa shape index (κ3) is 5.94. The maximum absolute atomic E-state index is 12.0. The molecule has 1 heterocycles. The van der Waals surface area contributed by atoms with Gasteiger partial charge in [-0.15, -0.1) is 0 Å². The Bertz CT molecular complexity index is 307. The Balaban J connectivity index is 2.38. The third-order valence-electron chi connectivity index (χ3n) is 3.68. The zero-order valence-electron chi connectivity index (χ0n) is 12.0. The van der Waals surface area contributed by atoms with Crippen LogP contribution in [0.2, 0.25) is 0 Å². The highest BCUT2D eigenvalue weighted by Crippen LogP contribution is 2.21. The zero-order valence-corrected chi connectivity index (χ0v) is 12.0. The molecule has 0 bridgehead atoms. The van der Waals surface area contributed by atoms with Crippen molar-refractivity contribution in [3.05, 3.63) is 0 Å². The van der Waals surface area contributed by atoms with E-state index in [1.54, 1.807) is 6.92 Å². The first-order valence-corrected chi connectivity index (χ1v) is 7.30. The van der Waals surface area contributed by atoms with Gasteiger partial charge < -0.3 is 15.3 Å². The summed E-state index contributed by atoms with van der Waals surface area (Å²) in [6.45, 7) is 5.49. The Morgan fingerprint density at radius 1 is 1.37 bits per heavy atom. The van der Waals surface area contributed by atoms with Gasteiger partial charge in [-0.25, -0.2) is 4.79 Å². The highest BCUT2D eigenvalue weighted by atomic mass is 16.4. The van der Waals surface area contributed by atoms with Crippen molar-refractivity contribution < 1.29 is 14.7 Å². The number of carboxylic acids is 1. The van der Waals surface area contributed by atoms with Crippen molar-refractivity contribution in [1.29, 1.82) is 0 Å². The molecule has 0 spiro atoms. The fourth-order valence-electron chi connectivity index (χ4n) is 2.68. The van der Waals surface area contributed by atoms with Gasteiger partial charge in [0.2, 0.25) is 0 Å². The quantitative estimate of drug-likeness (QED) is 0.806. The molecule has 1 fully saturated rings. The minimum absolute atomic E-state index is 0.0297. The molecule has 2 unspecified atom stereocenters. The molecule has 19 heavy (non-hydrogen) atoms. The van der Waals surface area contributed by atoms with Gasteiger partial charge in [0.1, 0.15) is 0 Å². The van der Waals surface area contributed by atoms with Gasteiger partial charge in [0, 0.05) is 19.1 Å². The number of hydrogen-bond donors (Lipinski definition) is 2. The van der Waals surface area contributed by atoms with Gasteiger partial charge in [-0.3, -0.25) is 4.79 Å². The van der Waals surface area contributed by atoms with Crippen molar-refractivity contribution in [1.82, 2.24) is 10.2 Å². The number of nitrogens with one attached hydrogen (secondary N) is 1. The van der Waals surface area contributed by atoms with E-state index in [1.807, 2.05) is 4.90 Å². The summed E-state index contributed by atoms with van der Waals surface area (Å²) in [5, 5.41) is 11.4. The predicted molar refractivity (Wildman–Crippen MR) is 74.1 cm³/mol. The van der Waals surface area contributed by atoms with Crippen LogP contribution in [-0.2, 0) is 4.79 Å². The summed E-state index contributed by atoms with van der Waals surface area (Å²) in [5.74, 6) is -0.147. The number of amides is 2. The van der Waals surface area contributed by atoms with Crippen molar-refractivity contribution in [3.8, 4) is 0 Å². The molecule has 0 aromatic carbocycles. The molecule has 110 valence electrons. The average molecular weight is 270 g/mol. The SMILES string of the molecule is CCCC1CCCN(C(=O)NC(C)CC(=O)O)CC1. The van der Waals surface area contributed by atoms with Gasteiger partial charge >= 0.3 is 12.0 Å². The van der Waals surface area contributed by atoms with Crippen molar-refractivity contribution in [2.75, 3.05) is 13.1 Å². The molecule has 1 aliphatic rings. The maximum Gasteiger partial charge on any atom is 0.317 e. The van der Waals surface area contributed by atoms with Crippen LogP contribution in [0.5, 0.6) is 0 Å². The number of likely N-dealkylation sites (tertiary alicyclic amines) is 1. The van der Waals surface area contributed by atoms with E-state index >= 15 is 0 Å². The van der Waals surface area contributed by atoms with Crippen LogP contribution >= 0.6 is 0 Å². The minimum Gasteiger partial charge on any atom is -0.481 e. The Labute approximate surface area is 115 Å². The fourth-order valence-corrected chi connectivity index (χ4v) is 2.68. The lowest BCUT2D eigenvalue weighted by molar-refractivity contribution is -0.137. The van der Waals surface area contributed by atoms with E-state index in [2.05, 4.69) is 12.2 Å². The summed E-state index contributed by atoms with van der Waals surface area (Å²) in [4.78, 5) is 24.4. The molecule has 2 amide bonds. The number of urea groups is 1. The van der Waals surface area contributed by atoms with Gasteiger partial charge in [-0.1, -0.05) is 19.8 Å². The van der Waals surface area contributed by atoms with Crippen molar-refractivity contribution in [2.45, 2.75) is 58.4 Å². The lowest BCUT2D eigenvalue weighted by Gasteiger charge is -2.23. The second-order valence-electron chi connectivity index (χ2n) is 5.52. The van der Waals surface area contributed by atoms with Gasteiger partial charge in [0.25, 0.3) is 0 Å². The second kappa shape index (κ2) is 8.02. The first kappa shape index (κ1) is 15.8. The monoisotopic (exact) mass is 270 g/mol. The van der Waals surface area contributed by atoms with Crippen LogP contribution in [0.1, 0.15) is 52.4 Å². The van der Waals surface area contributed by atoms with E-state index in [9.17, 15) is 9.59 Å². The normalized spacial score (nSPS) is 21.6. The third-order valence-corrected chi connectivity index (χ3v) is 3.68. The number of aliphatic carboxylic acids is 1. The summed E-state index contributed by atoms with van der Waals surface area (Å²) in [6.07, 6.45) is 5.72. The van der Waals surface area contributed by atoms with Crippen LogP contribution in [0.4, 0.5) is 4.79 Å². The Morgan fingerprint density at radius 2 is 2.11 bits per heavy atom. The molecule has 2 atom stereocenters. The van der Waals surface area contributed by atoms with Gasteiger partial charge in [-0.2, -0.15) is 0 Å². The first-order valence-electron chi connectivity index (χ1n) is 7.30. The lowest BCUT2D eigenvalue weighted by Crippen LogP contribution is -2.44. The number of carboxylic acid groups (broad SMARTS) is 1. The van der Waals surface area contributed by atoms with E-state index < -0.39 is 5.97 Å². The number of rotatable bonds is 5. The van der Waals surface area contributed by atoms with Crippen LogP contribution in [0, 0.1) is 5.92 Å². The standard InChI is InChI=1S/C14H26N2O3/c1-3-5-12-6-4-8-16(9-7-12)14(19)15-11(2)10-13(17)18/h11-12H,3-10H2,1-2H3,(H,15,19)(H,17,18). The van der Waals surface area contributed by atoms with Crippen LogP contribution in [0.3, 0.4) is 0 Å². The van der Waals surface area contributed by atoms with Crippen molar-refractivity contribution >= 4 is 12.0 Å². The Morgan fingerprint density at radius 3 is 2.74 bits per heavy atom. The highest BCUT2D eigenvalue weighted by molar-refractivity contribution is 5.75. The van der Waals surface area contributed by atoms with Crippen LogP contribution in [0.15, 0.2) is 0 Å². The Kier molecular flexibility index (Phi) is 6.67. The summed E-state index contributed by atoms with van der Waals surface area (Å²) in [5.41, 5.74) is 0. The van der Waals surface area contributed by atoms with Crippen LogP contribution < -0.4 is 5.32 Å². The molecule has 2 N–H and O–H groups in total. The van der Waals surface area contributed by atoms with E-state index in [-0.39, 0.29) is 18.5 Å². The number of nitrogens with zero attached hydrogens (tertiary/aromatic N) is 1. The molecule has 5 heteroatoms. The number of carbonyl (C=O) groups is 2. The molecule has 1 aliphatic heterocycles. The van der Waals surface area contributed by atoms with E-state index in [0.717, 1.165) is 31.8 Å². The van der Waals surface area contributed by atoms with Gasteiger partial charge in [0.15, 0.2) is 0 Å². The molecular weight excluding hydrogens is 244 g/mol. The summed E-state index contributed by atoms with van der Waals surface area (Å²) >= 11 is 0. The molecule has 0 saturated carbocycles. The number of hydrogen-bond acceptors (Lipinski definition) is 2. The van der Waals surface area contributed by atoms with E-state index in [4.69, 9.17) is 5.11 Å². The molecule has 5 nitrogen and oxygen atoms in total. The number of carbonyl (C=O) groups excluding carboxylic acids is 1. The van der Waals surface area contributed by atoms with Crippen LogP contribution in [-0.4, -0.2) is 41.1 Å². The smallest absolute Gasteiger partial charge is 0.317 e. The van der Waals surface area contributed by atoms with E-state index in [1.165, 1.54) is 19.3 Å². The molecule has 0 aromatic heterocycles. The van der Waals surface area contributed by atoms with Gasteiger partial charge in [0.05, 0.1) is 6.42 Å². The topological polar surface area (TPSA) is 69.6 Å². The van der Waals surface area contributed by atoms with E-state index in [0.29, 0.717) is 0 Å². The predicted octanol–water partition coefficient (Wildman–Crippen LogP) is 2.46. The average Bonchev–Trinajstić information content (AvgIpc) is 2.54. The zero-order chi connectivity index (χ0) is 14.3. The molecular formula is C14H26N2O3. The summed E-state index contributed by atoms with van der Waals surface area (Å²) in [7, 11) is 0. The lowest BCUT2D eigenvalue weighted by atomic mass is 9.96. The maximum atomic E-state index is 12.0. The minimum atomic E-state index is -0.883. The molecule has 0 aromatic rings. The first-order chi connectivity index (χ1) is 9.02. The van der Waals surface area contributed by atoms with Gasteiger partial charge in [-0.05, 0) is 32.1 Å². The van der Waals surface area contributed by atoms with Crippen molar-refractivity contribution in [2.24, 2.45) is 5.92 Å². The summed E-state index contributed by atoms with van der Waals surface area (Å²) < 4.78 is 0. The molecule has 0 aliphatic carbocycles. The molecule has 1 rings (SSSR count). The Hall–Kier alpha value is -1.26. The second-order valence-corrected chi connectivity index (χ2v) is 5.52. The summed E-state index contributed by atoms with van der Waals surface area (Å²) in [6, 6.07) is -0.439. The van der Waals surface area contributed by atoms with Crippen LogP contribution in [0.25, 0.3) is 0 Å². The molecule has 1 saturated heterocycles. The largest absolute Gasteiger partial charge is 0.481 e. The van der Waals surface area contributed by atoms with Crippen molar-refractivity contribution in [3.63, 3.8) is 0 Å². The molecule has 0 radical (unpaired) electrons.